The Balaban J connectivity index is 0.00000144. The number of hydrogen-bond donors (Lipinski definition) is 0. The maximum atomic E-state index is 12.2. The molecule has 0 aliphatic rings. The van der Waals surface area contributed by atoms with E-state index < -0.39 is 10.8 Å². The summed E-state index contributed by atoms with van der Waals surface area (Å²) >= 11 is 0. The second-order valence-electron chi connectivity index (χ2n) is 3.79. The van der Waals surface area contributed by atoms with Crippen molar-refractivity contribution < 1.29 is 32.8 Å². The summed E-state index contributed by atoms with van der Waals surface area (Å²) in [4.78, 5) is 1.67. The number of rotatable bonds is 2. The molecule has 0 bridgehead atoms. The molecule has 0 aliphatic carbocycles. The first kappa shape index (κ1) is 14.3. The molecule has 0 spiro atoms. The van der Waals surface area contributed by atoms with Crippen molar-refractivity contribution in [2.45, 2.75) is 16.7 Å². The van der Waals surface area contributed by atoms with Gasteiger partial charge in [-0.05, 0) is 25.1 Å². The van der Waals surface area contributed by atoms with Crippen molar-refractivity contribution in [2.75, 3.05) is 0 Å². The molecule has 1 aromatic carbocycles. The van der Waals surface area contributed by atoms with E-state index in [0.29, 0.717) is 0 Å². The summed E-state index contributed by atoms with van der Waals surface area (Å²) in [6.07, 6.45) is 3.81. The van der Waals surface area contributed by atoms with E-state index in [1.165, 1.54) is 5.56 Å². The fraction of sp³-hybridized carbons (Fsp3) is 0.154. The zero-order chi connectivity index (χ0) is 11.5. The Morgan fingerprint density at radius 1 is 1.06 bits per heavy atom. The molecule has 1 heterocycles. The number of aromatic nitrogens is 1. The molecule has 17 heavy (non-hydrogen) atoms. The highest BCUT2D eigenvalue weighted by atomic mass is 127. The van der Waals surface area contributed by atoms with Gasteiger partial charge in [-0.1, -0.05) is 17.7 Å². The average molecular weight is 359 g/mol. The van der Waals surface area contributed by atoms with Crippen LogP contribution < -0.4 is 28.5 Å². The van der Waals surface area contributed by atoms with Crippen LogP contribution in [-0.4, -0.2) is 4.21 Å². The average Bonchev–Trinajstić information content (AvgIpc) is 2.29. The summed E-state index contributed by atoms with van der Waals surface area (Å²) in [6, 6.07) is 11.6. The molecule has 2 nitrogen and oxygen atoms in total. The van der Waals surface area contributed by atoms with Crippen molar-refractivity contribution in [2.24, 2.45) is 7.05 Å². The number of pyridine rings is 1. The summed E-state index contributed by atoms with van der Waals surface area (Å²) in [7, 11) is 0.840. The topological polar surface area (TPSA) is 20.9 Å². The molecule has 0 amide bonds. The van der Waals surface area contributed by atoms with E-state index in [4.69, 9.17) is 0 Å². The van der Waals surface area contributed by atoms with Crippen LogP contribution in [0, 0.1) is 6.92 Å². The Morgan fingerprint density at radius 3 is 2.29 bits per heavy atom. The summed E-state index contributed by atoms with van der Waals surface area (Å²) < 4.78 is 14.1. The van der Waals surface area contributed by atoms with Gasteiger partial charge < -0.3 is 24.0 Å². The second kappa shape index (κ2) is 6.26. The Kier molecular flexibility index (Phi) is 5.27. The van der Waals surface area contributed by atoms with Crippen molar-refractivity contribution >= 4 is 10.8 Å². The molecule has 0 aliphatic heterocycles. The lowest BCUT2D eigenvalue weighted by Crippen LogP contribution is -3.00. The van der Waals surface area contributed by atoms with Gasteiger partial charge in [0.25, 0.3) is 0 Å². The van der Waals surface area contributed by atoms with E-state index in [1.807, 2.05) is 67.3 Å². The zero-order valence-electron chi connectivity index (χ0n) is 9.76. The Bertz CT molecular complexity index is 525. The quantitative estimate of drug-likeness (QED) is 0.497. The van der Waals surface area contributed by atoms with E-state index in [2.05, 4.69) is 0 Å². The zero-order valence-corrected chi connectivity index (χ0v) is 12.7. The Morgan fingerprint density at radius 2 is 1.71 bits per heavy atom. The molecular weight excluding hydrogens is 345 g/mol. The van der Waals surface area contributed by atoms with Crippen LogP contribution >= 0.6 is 0 Å². The third-order valence-electron chi connectivity index (χ3n) is 2.36. The molecule has 1 aromatic heterocycles. The van der Waals surface area contributed by atoms with Crippen LogP contribution in [0.1, 0.15) is 5.56 Å². The summed E-state index contributed by atoms with van der Waals surface area (Å²) in [5.74, 6) is 0. The molecule has 2 rings (SSSR count). The van der Waals surface area contributed by atoms with Crippen molar-refractivity contribution in [1.82, 2.24) is 0 Å². The van der Waals surface area contributed by atoms with E-state index >= 15 is 0 Å². The molecule has 0 unspecified atom stereocenters. The van der Waals surface area contributed by atoms with Gasteiger partial charge in [-0.2, -0.15) is 0 Å². The molecule has 0 N–H and O–H groups in total. The van der Waals surface area contributed by atoms with Gasteiger partial charge >= 0.3 is 0 Å². The van der Waals surface area contributed by atoms with E-state index in [0.717, 1.165) is 9.79 Å². The smallest absolute Gasteiger partial charge is 0.185 e. The monoisotopic (exact) mass is 359 g/mol. The standard InChI is InChI=1S/C13H14NOS.HI/c1-11-5-7-12(8-6-11)16(15)13-4-3-9-14(2)10-13;/h3-10H,1-2H3;1H/q+1;/p-1/t16-;/m0./s1. The van der Waals surface area contributed by atoms with Crippen LogP contribution in [0.4, 0.5) is 0 Å². The first-order valence-corrected chi connectivity index (χ1v) is 6.25. The highest BCUT2D eigenvalue weighted by molar-refractivity contribution is 7.85. The number of benzene rings is 1. The molecule has 4 heteroatoms. The summed E-state index contributed by atoms with van der Waals surface area (Å²) in [6.45, 7) is 2.02. The number of hydrogen-bond acceptors (Lipinski definition) is 1. The normalized spacial score (nSPS) is 11.6. The fourth-order valence-corrected chi connectivity index (χ4v) is 2.59. The lowest BCUT2D eigenvalue weighted by Gasteiger charge is -2.01. The molecule has 0 saturated heterocycles. The van der Waals surface area contributed by atoms with Crippen molar-refractivity contribution in [3.63, 3.8) is 0 Å². The predicted molar refractivity (Wildman–Crippen MR) is 63.5 cm³/mol. The minimum Gasteiger partial charge on any atom is -1.00 e. The van der Waals surface area contributed by atoms with Gasteiger partial charge in [0.1, 0.15) is 11.9 Å². The number of halogens is 1. The van der Waals surface area contributed by atoms with Crippen molar-refractivity contribution in [3.05, 3.63) is 54.4 Å². The van der Waals surface area contributed by atoms with Gasteiger partial charge in [-0.15, -0.1) is 0 Å². The van der Waals surface area contributed by atoms with Crippen molar-refractivity contribution in [1.29, 1.82) is 0 Å². The van der Waals surface area contributed by atoms with Gasteiger partial charge in [-0.25, -0.2) is 8.78 Å². The third-order valence-corrected chi connectivity index (χ3v) is 3.73. The number of nitrogens with zero attached hydrogens (tertiary/aromatic N) is 1. The first-order valence-electron chi connectivity index (χ1n) is 5.10. The van der Waals surface area contributed by atoms with E-state index in [-0.39, 0.29) is 24.0 Å². The van der Waals surface area contributed by atoms with Gasteiger partial charge in [0, 0.05) is 11.0 Å². The fourth-order valence-electron chi connectivity index (χ4n) is 1.47. The minimum absolute atomic E-state index is 0. The van der Waals surface area contributed by atoms with Crippen LogP contribution in [0.2, 0.25) is 0 Å². The van der Waals surface area contributed by atoms with Crippen molar-refractivity contribution in [3.8, 4) is 0 Å². The molecule has 0 radical (unpaired) electrons. The highest BCUT2D eigenvalue weighted by Crippen LogP contribution is 2.15. The summed E-state index contributed by atoms with van der Waals surface area (Å²) in [5.41, 5.74) is 1.18. The van der Waals surface area contributed by atoms with Gasteiger partial charge in [-0.3, -0.25) is 0 Å². The first-order chi connectivity index (χ1) is 7.66. The van der Waals surface area contributed by atoms with E-state index in [1.54, 1.807) is 0 Å². The molecule has 0 fully saturated rings. The summed E-state index contributed by atoms with van der Waals surface area (Å²) in [5, 5.41) is 0. The lowest BCUT2D eigenvalue weighted by atomic mass is 10.2. The SMILES string of the molecule is Cc1ccc([S@](=O)c2ccc[n+](C)c2)cc1.[I-]. The Hall–Kier alpha value is -0.750. The largest absolute Gasteiger partial charge is 1.00 e. The van der Waals surface area contributed by atoms with Gasteiger partial charge in [0.2, 0.25) is 0 Å². The highest BCUT2D eigenvalue weighted by Gasteiger charge is 2.09. The predicted octanol–water partition coefficient (Wildman–Crippen LogP) is -1.01. The Labute approximate surface area is 121 Å². The molecule has 2 aromatic rings. The van der Waals surface area contributed by atoms with Crippen LogP contribution in [-0.2, 0) is 17.8 Å². The van der Waals surface area contributed by atoms with Crippen LogP contribution in [0.3, 0.4) is 0 Å². The molecule has 90 valence electrons. The maximum Gasteiger partial charge on any atom is 0.185 e. The maximum absolute atomic E-state index is 12.2. The molecule has 0 saturated carbocycles. The molecular formula is C13H14INOS. The van der Waals surface area contributed by atoms with E-state index in [9.17, 15) is 4.21 Å². The van der Waals surface area contributed by atoms with Gasteiger partial charge in [0.15, 0.2) is 12.4 Å². The second-order valence-corrected chi connectivity index (χ2v) is 5.27. The van der Waals surface area contributed by atoms with Crippen LogP contribution in [0.5, 0.6) is 0 Å². The lowest BCUT2D eigenvalue weighted by molar-refractivity contribution is -0.673. The number of aryl methyl sites for hydroxylation is 2. The third kappa shape index (κ3) is 3.61. The van der Waals surface area contributed by atoms with Gasteiger partial charge in [0.05, 0.1) is 10.8 Å². The van der Waals surface area contributed by atoms with Crippen LogP contribution in [0.25, 0.3) is 0 Å². The van der Waals surface area contributed by atoms with Crippen LogP contribution in [0.15, 0.2) is 58.6 Å². The molecule has 1 atom stereocenters. The minimum atomic E-state index is -1.09.